The Hall–Kier alpha value is -2.95. The van der Waals surface area contributed by atoms with Crippen LogP contribution in [0.2, 0.25) is 0 Å². The van der Waals surface area contributed by atoms with E-state index < -0.39 is 12.0 Å². The minimum atomic E-state index is -4.58. The molecule has 0 unspecified atom stereocenters. The minimum Gasteiger partial charge on any atom is -0.462 e. The van der Waals surface area contributed by atoms with Crippen LogP contribution in [0.5, 0.6) is 0 Å². The quantitative estimate of drug-likeness (QED) is 0.674. The van der Waals surface area contributed by atoms with E-state index >= 15 is 0 Å². The van der Waals surface area contributed by atoms with Crippen molar-refractivity contribution in [3.8, 4) is 12.5 Å². The zero-order valence-electron chi connectivity index (χ0n) is 13.0. The summed E-state index contributed by atoms with van der Waals surface area (Å²) >= 11 is 0. The largest absolute Gasteiger partial charge is 0.462 e. The number of aliphatic hydroxyl groups excluding tert-OH is 1. The zero-order chi connectivity index (χ0) is 18.0. The van der Waals surface area contributed by atoms with Gasteiger partial charge >= 0.3 is 6.18 Å². The third-order valence-corrected chi connectivity index (χ3v) is 3.86. The SMILES string of the molecule is C#CO.FC(F)(F)c1nc(N2CCCC2)c2oc3ccccc3c2n1. The molecule has 1 fully saturated rings. The second-order valence-electron chi connectivity index (χ2n) is 5.47. The number of halogens is 3. The van der Waals surface area contributed by atoms with E-state index in [1.165, 1.54) is 6.11 Å². The summed E-state index contributed by atoms with van der Waals surface area (Å²) in [6, 6.07) is 6.96. The average Bonchev–Trinajstić information content (AvgIpc) is 3.21. The zero-order valence-corrected chi connectivity index (χ0v) is 13.0. The number of para-hydroxylation sites is 1. The molecule has 0 aliphatic carbocycles. The fourth-order valence-corrected chi connectivity index (χ4v) is 2.85. The number of furan rings is 1. The fraction of sp³-hybridized carbons (Fsp3) is 0.294. The van der Waals surface area contributed by atoms with Crippen LogP contribution in [0.15, 0.2) is 28.7 Å². The molecular weight excluding hydrogens is 335 g/mol. The molecule has 0 atom stereocenters. The van der Waals surface area contributed by atoms with Gasteiger partial charge in [-0.3, -0.25) is 0 Å². The Morgan fingerprint density at radius 1 is 1.16 bits per heavy atom. The van der Waals surface area contributed by atoms with E-state index in [1.54, 1.807) is 24.3 Å². The Labute approximate surface area is 141 Å². The van der Waals surface area contributed by atoms with Gasteiger partial charge in [0.1, 0.15) is 17.2 Å². The molecule has 130 valence electrons. The van der Waals surface area contributed by atoms with Crippen molar-refractivity contribution in [3.63, 3.8) is 0 Å². The summed E-state index contributed by atoms with van der Waals surface area (Å²) in [6.45, 7) is 1.36. The summed E-state index contributed by atoms with van der Waals surface area (Å²) in [4.78, 5) is 9.29. The molecule has 3 heterocycles. The van der Waals surface area contributed by atoms with Crippen LogP contribution in [-0.4, -0.2) is 28.2 Å². The van der Waals surface area contributed by atoms with Gasteiger partial charge in [-0.15, -0.1) is 0 Å². The molecule has 0 radical (unpaired) electrons. The van der Waals surface area contributed by atoms with Gasteiger partial charge in [-0.1, -0.05) is 18.6 Å². The first-order chi connectivity index (χ1) is 12.0. The highest BCUT2D eigenvalue weighted by Crippen LogP contribution is 2.37. The lowest BCUT2D eigenvalue weighted by atomic mass is 10.2. The van der Waals surface area contributed by atoms with E-state index in [0.29, 0.717) is 29.6 Å². The number of aromatic nitrogens is 2. The molecule has 2 aromatic heterocycles. The van der Waals surface area contributed by atoms with Crippen LogP contribution in [0, 0.1) is 12.5 Å². The van der Waals surface area contributed by atoms with Gasteiger partial charge in [-0.25, -0.2) is 9.97 Å². The van der Waals surface area contributed by atoms with Gasteiger partial charge in [-0.05, 0) is 25.0 Å². The number of hydrogen-bond donors (Lipinski definition) is 1. The lowest BCUT2D eigenvalue weighted by molar-refractivity contribution is -0.144. The first kappa shape index (κ1) is 16.9. The molecule has 0 amide bonds. The molecule has 1 aliphatic rings. The summed E-state index contributed by atoms with van der Waals surface area (Å²) in [7, 11) is 0. The van der Waals surface area contributed by atoms with Crippen molar-refractivity contribution >= 4 is 27.9 Å². The average molecular weight is 349 g/mol. The molecule has 4 rings (SSSR count). The first-order valence-electron chi connectivity index (χ1n) is 7.57. The number of alkyl halides is 3. The molecule has 1 N–H and O–H groups in total. The van der Waals surface area contributed by atoms with E-state index in [4.69, 9.17) is 9.52 Å². The molecule has 0 saturated carbocycles. The van der Waals surface area contributed by atoms with Gasteiger partial charge in [-0.2, -0.15) is 13.2 Å². The highest BCUT2D eigenvalue weighted by atomic mass is 19.4. The monoisotopic (exact) mass is 349 g/mol. The maximum absolute atomic E-state index is 13.1. The number of terminal acetylenes is 1. The van der Waals surface area contributed by atoms with Crippen molar-refractivity contribution in [1.82, 2.24) is 9.97 Å². The van der Waals surface area contributed by atoms with Crippen molar-refractivity contribution < 1.29 is 22.7 Å². The molecule has 3 aromatic rings. The third-order valence-electron chi connectivity index (χ3n) is 3.86. The Bertz CT molecular complexity index is 938. The van der Waals surface area contributed by atoms with Crippen LogP contribution in [0.25, 0.3) is 22.1 Å². The predicted octanol–water partition coefficient (Wildman–Crippen LogP) is 3.94. The highest BCUT2D eigenvalue weighted by Gasteiger charge is 2.37. The fourth-order valence-electron chi connectivity index (χ4n) is 2.85. The molecule has 0 bridgehead atoms. The molecular formula is C17H14F3N3O2. The number of hydrogen-bond acceptors (Lipinski definition) is 5. The number of aliphatic hydroxyl groups is 1. The van der Waals surface area contributed by atoms with Crippen LogP contribution in [0.1, 0.15) is 18.7 Å². The molecule has 0 spiro atoms. The second-order valence-corrected chi connectivity index (χ2v) is 5.47. The molecule has 1 saturated heterocycles. The van der Waals surface area contributed by atoms with E-state index in [2.05, 4.69) is 16.4 Å². The lowest BCUT2D eigenvalue weighted by Gasteiger charge is -2.17. The van der Waals surface area contributed by atoms with Crippen molar-refractivity contribution in [2.45, 2.75) is 19.0 Å². The Balaban J connectivity index is 0.000000569. The van der Waals surface area contributed by atoms with Crippen molar-refractivity contribution in [2.24, 2.45) is 0 Å². The summed E-state index contributed by atoms with van der Waals surface area (Å²) in [5.74, 6) is -0.875. The van der Waals surface area contributed by atoms with E-state index in [-0.39, 0.29) is 11.3 Å². The Kier molecular flexibility index (Phi) is 4.40. The van der Waals surface area contributed by atoms with Gasteiger partial charge < -0.3 is 14.4 Å². The van der Waals surface area contributed by atoms with Crippen LogP contribution in [-0.2, 0) is 6.18 Å². The number of nitrogens with zero attached hydrogens (tertiary/aromatic N) is 3. The van der Waals surface area contributed by atoms with Gasteiger partial charge in [0.15, 0.2) is 11.4 Å². The molecule has 5 nitrogen and oxygen atoms in total. The molecule has 1 aromatic carbocycles. The summed E-state index contributed by atoms with van der Waals surface area (Å²) < 4.78 is 45.1. The molecule has 25 heavy (non-hydrogen) atoms. The molecule has 8 heteroatoms. The molecule has 1 aliphatic heterocycles. The summed E-state index contributed by atoms with van der Waals surface area (Å²) in [5.41, 5.74) is 1.07. The summed E-state index contributed by atoms with van der Waals surface area (Å²) in [6.07, 6.45) is 2.70. The standard InChI is InChI=1S/C15H12F3N3O.C2H2O/c16-15(17,18)14-19-11-9-5-1-2-6-10(9)22-12(11)13(20-14)21-7-3-4-8-21;1-2-3/h1-2,5-6H,3-4,7-8H2;1,3H. The van der Waals surface area contributed by atoms with Crippen molar-refractivity contribution in [2.75, 3.05) is 18.0 Å². The smallest absolute Gasteiger partial charge is 0.451 e. The predicted molar refractivity (Wildman–Crippen MR) is 86.5 cm³/mol. The van der Waals surface area contributed by atoms with Crippen LogP contribution < -0.4 is 4.90 Å². The number of fused-ring (bicyclic) bond motifs is 3. The van der Waals surface area contributed by atoms with E-state index in [1.807, 2.05) is 4.90 Å². The highest BCUT2D eigenvalue weighted by molar-refractivity contribution is 6.05. The van der Waals surface area contributed by atoms with Crippen LogP contribution >= 0.6 is 0 Å². The normalized spacial score (nSPS) is 14.4. The second kappa shape index (κ2) is 6.51. The van der Waals surface area contributed by atoms with Crippen LogP contribution in [0.3, 0.4) is 0 Å². The maximum atomic E-state index is 13.1. The third kappa shape index (κ3) is 3.18. The van der Waals surface area contributed by atoms with Gasteiger partial charge in [0.05, 0.1) is 0 Å². The van der Waals surface area contributed by atoms with Crippen LogP contribution in [0.4, 0.5) is 19.0 Å². The topological polar surface area (TPSA) is 62.4 Å². The number of benzene rings is 1. The van der Waals surface area contributed by atoms with Crippen molar-refractivity contribution in [3.05, 3.63) is 30.1 Å². The number of anilines is 1. The van der Waals surface area contributed by atoms with E-state index in [9.17, 15) is 13.2 Å². The first-order valence-corrected chi connectivity index (χ1v) is 7.57. The Morgan fingerprint density at radius 3 is 2.44 bits per heavy atom. The Morgan fingerprint density at radius 2 is 1.80 bits per heavy atom. The van der Waals surface area contributed by atoms with E-state index in [0.717, 1.165) is 12.8 Å². The number of rotatable bonds is 1. The van der Waals surface area contributed by atoms with Crippen molar-refractivity contribution in [1.29, 1.82) is 0 Å². The van der Waals surface area contributed by atoms with Gasteiger partial charge in [0, 0.05) is 18.5 Å². The maximum Gasteiger partial charge on any atom is 0.451 e. The van der Waals surface area contributed by atoms with Gasteiger partial charge in [0.2, 0.25) is 5.82 Å². The van der Waals surface area contributed by atoms with Gasteiger partial charge in [0.25, 0.3) is 0 Å². The summed E-state index contributed by atoms with van der Waals surface area (Å²) in [5, 5.41) is 7.67. The minimum absolute atomic E-state index is 0.222. The lowest BCUT2D eigenvalue weighted by Crippen LogP contribution is -2.22.